The molecule has 1 atom stereocenters. The predicted octanol–water partition coefficient (Wildman–Crippen LogP) is 4.10. The Morgan fingerprint density at radius 1 is 1.09 bits per heavy atom. The van der Waals surface area contributed by atoms with Gasteiger partial charge in [0.25, 0.3) is 5.79 Å². The minimum absolute atomic E-state index is 0.281. The molecular weight excluding hydrogens is 360 g/mol. The molecule has 1 heterocycles. The average Bonchev–Trinajstić information content (AvgIpc) is 2.45. The van der Waals surface area contributed by atoms with E-state index in [0.717, 1.165) is 15.6 Å². The summed E-state index contributed by atoms with van der Waals surface area (Å²) >= 11 is 3.41. The Hall–Kier alpha value is -1.62. The second kappa shape index (κ2) is 5.48. The molecule has 1 aromatic carbocycles. The fourth-order valence-corrected chi connectivity index (χ4v) is 3.60. The molecule has 0 bridgehead atoms. The summed E-state index contributed by atoms with van der Waals surface area (Å²) < 4.78 is 11.8. The van der Waals surface area contributed by atoms with Crippen molar-refractivity contribution in [2.24, 2.45) is 5.41 Å². The largest absolute Gasteiger partial charge is 0.422 e. The molecule has 2 aliphatic rings. The van der Waals surface area contributed by atoms with E-state index in [-0.39, 0.29) is 5.92 Å². The number of hydrogen-bond acceptors (Lipinski definition) is 4. The van der Waals surface area contributed by atoms with Crippen LogP contribution in [0.1, 0.15) is 45.1 Å². The first-order chi connectivity index (χ1) is 10.7. The topological polar surface area (TPSA) is 52.6 Å². The Kier molecular flexibility index (Phi) is 3.87. The molecular formula is C18H19BrO4. The summed E-state index contributed by atoms with van der Waals surface area (Å²) in [5.41, 5.74) is 0.811. The Balaban J connectivity index is 2.09. The van der Waals surface area contributed by atoms with Crippen LogP contribution in [0, 0.1) is 5.41 Å². The lowest BCUT2D eigenvalue weighted by molar-refractivity contribution is -0.253. The van der Waals surface area contributed by atoms with Crippen LogP contribution in [0.15, 0.2) is 40.4 Å². The van der Waals surface area contributed by atoms with Crippen LogP contribution in [0.3, 0.4) is 0 Å². The molecule has 1 saturated heterocycles. The van der Waals surface area contributed by atoms with Crippen molar-refractivity contribution >= 4 is 27.9 Å². The molecule has 0 radical (unpaired) electrons. The summed E-state index contributed by atoms with van der Waals surface area (Å²) in [7, 11) is 0. The molecule has 1 fully saturated rings. The highest BCUT2D eigenvalue weighted by Crippen LogP contribution is 2.51. The van der Waals surface area contributed by atoms with Gasteiger partial charge in [-0.1, -0.05) is 39.7 Å². The molecule has 0 N–H and O–H groups in total. The lowest BCUT2D eigenvalue weighted by Gasteiger charge is -2.45. The Bertz CT molecular complexity index is 667. The highest BCUT2D eigenvalue weighted by atomic mass is 79.9. The predicted molar refractivity (Wildman–Crippen MR) is 88.6 cm³/mol. The molecule has 4 nitrogen and oxygen atoms in total. The lowest BCUT2D eigenvalue weighted by atomic mass is 9.64. The zero-order valence-electron chi connectivity index (χ0n) is 13.4. The number of carbonyl (C=O) groups is 2. The summed E-state index contributed by atoms with van der Waals surface area (Å²) in [6.07, 6.45) is 2.88. The fraction of sp³-hybridized carbons (Fsp3) is 0.444. The van der Waals surface area contributed by atoms with Crippen molar-refractivity contribution in [2.45, 2.75) is 45.3 Å². The highest BCUT2D eigenvalue weighted by molar-refractivity contribution is 9.10. The summed E-state index contributed by atoms with van der Waals surface area (Å²) in [6, 6.07) is 7.71. The normalized spacial score (nSPS) is 25.6. The van der Waals surface area contributed by atoms with Gasteiger partial charge in [0.05, 0.1) is 0 Å². The molecule has 23 heavy (non-hydrogen) atoms. The van der Waals surface area contributed by atoms with E-state index >= 15 is 0 Å². The van der Waals surface area contributed by atoms with E-state index in [4.69, 9.17) is 9.47 Å². The number of ether oxygens (including phenoxy) is 2. The van der Waals surface area contributed by atoms with Gasteiger partial charge in [0.15, 0.2) is 5.41 Å². The van der Waals surface area contributed by atoms with Crippen LogP contribution >= 0.6 is 15.9 Å². The van der Waals surface area contributed by atoms with Crippen LogP contribution < -0.4 is 0 Å². The molecule has 1 aromatic rings. The second-order valence-corrected chi connectivity index (χ2v) is 7.63. The summed E-state index contributed by atoms with van der Waals surface area (Å²) in [6.45, 7) is 5.17. The monoisotopic (exact) mass is 378 g/mol. The van der Waals surface area contributed by atoms with Crippen LogP contribution in [0.5, 0.6) is 0 Å². The highest BCUT2D eigenvalue weighted by Gasteiger charge is 2.61. The van der Waals surface area contributed by atoms with Gasteiger partial charge < -0.3 is 9.47 Å². The second-order valence-electron chi connectivity index (χ2n) is 6.71. The van der Waals surface area contributed by atoms with Gasteiger partial charge in [-0.3, -0.25) is 9.59 Å². The number of hydrogen-bond donors (Lipinski definition) is 0. The molecule has 122 valence electrons. The number of rotatable bonds is 1. The molecule has 1 aliphatic carbocycles. The number of benzene rings is 1. The summed E-state index contributed by atoms with van der Waals surface area (Å²) in [5.74, 6) is -2.47. The van der Waals surface area contributed by atoms with Crippen molar-refractivity contribution in [3.63, 3.8) is 0 Å². The van der Waals surface area contributed by atoms with Gasteiger partial charge in [-0.25, -0.2) is 0 Å². The van der Waals surface area contributed by atoms with Gasteiger partial charge in [-0.2, -0.15) is 0 Å². The zero-order chi connectivity index (χ0) is 16.8. The van der Waals surface area contributed by atoms with Gasteiger partial charge in [0.1, 0.15) is 0 Å². The zero-order valence-corrected chi connectivity index (χ0v) is 15.0. The molecule has 3 rings (SSSR count). The van der Waals surface area contributed by atoms with E-state index in [9.17, 15) is 9.59 Å². The first-order valence-corrected chi connectivity index (χ1v) is 8.42. The Morgan fingerprint density at radius 3 is 2.22 bits per heavy atom. The van der Waals surface area contributed by atoms with Crippen molar-refractivity contribution in [2.75, 3.05) is 0 Å². The van der Waals surface area contributed by atoms with E-state index in [1.165, 1.54) is 0 Å². The first kappa shape index (κ1) is 16.2. The number of esters is 2. The molecule has 1 spiro atoms. The maximum atomic E-state index is 12.8. The van der Waals surface area contributed by atoms with Gasteiger partial charge in [-0.15, -0.1) is 0 Å². The Labute approximate surface area is 144 Å². The van der Waals surface area contributed by atoms with E-state index in [1.54, 1.807) is 13.8 Å². The molecule has 1 aliphatic heterocycles. The summed E-state index contributed by atoms with van der Waals surface area (Å²) in [4.78, 5) is 25.6. The third kappa shape index (κ3) is 2.71. The molecule has 1 unspecified atom stereocenters. The van der Waals surface area contributed by atoms with Crippen molar-refractivity contribution in [3.05, 3.63) is 46.0 Å². The van der Waals surface area contributed by atoms with E-state index in [0.29, 0.717) is 12.8 Å². The minimum Gasteiger partial charge on any atom is -0.422 e. The smallest absolute Gasteiger partial charge is 0.327 e. The molecule has 0 saturated carbocycles. The minimum atomic E-state index is -1.29. The van der Waals surface area contributed by atoms with Crippen LogP contribution in [0.2, 0.25) is 0 Å². The van der Waals surface area contributed by atoms with Gasteiger partial charge in [0, 0.05) is 24.2 Å². The SMILES string of the molecule is CC1=CCC2(C(=O)OC(C)(C)OC2=O)C(c2ccc(Br)cc2)C1. The maximum absolute atomic E-state index is 12.8. The maximum Gasteiger partial charge on any atom is 0.327 e. The average molecular weight is 379 g/mol. The van der Waals surface area contributed by atoms with Crippen molar-refractivity contribution < 1.29 is 19.1 Å². The van der Waals surface area contributed by atoms with Crippen molar-refractivity contribution in [1.82, 2.24) is 0 Å². The molecule has 5 heteroatoms. The van der Waals surface area contributed by atoms with Gasteiger partial charge >= 0.3 is 11.9 Å². The number of cyclic esters (lactones) is 2. The third-order valence-corrected chi connectivity index (χ3v) is 5.10. The third-order valence-electron chi connectivity index (χ3n) is 4.57. The van der Waals surface area contributed by atoms with Crippen molar-refractivity contribution in [1.29, 1.82) is 0 Å². The Morgan fingerprint density at radius 2 is 1.65 bits per heavy atom. The summed E-state index contributed by atoms with van der Waals surface area (Å²) in [5, 5.41) is 0. The molecule has 0 amide bonds. The van der Waals surface area contributed by atoms with Crippen LogP contribution in [0.4, 0.5) is 0 Å². The number of allylic oxidation sites excluding steroid dienone is 2. The first-order valence-electron chi connectivity index (χ1n) is 7.62. The van der Waals surface area contributed by atoms with Crippen LogP contribution in [0.25, 0.3) is 0 Å². The molecule has 0 aromatic heterocycles. The van der Waals surface area contributed by atoms with Gasteiger partial charge in [0.2, 0.25) is 0 Å². The quantitative estimate of drug-likeness (QED) is 0.419. The van der Waals surface area contributed by atoms with E-state index in [2.05, 4.69) is 15.9 Å². The number of halogens is 1. The van der Waals surface area contributed by atoms with E-state index in [1.807, 2.05) is 37.3 Å². The van der Waals surface area contributed by atoms with Crippen LogP contribution in [-0.2, 0) is 19.1 Å². The van der Waals surface area contributed by atoms with Gasteiger partial charge in [-0.05, 0) is 37.5 Å². The fourth-order valence-electron chi connectivity index (χ4n) is 3.34. The van der Waals surface area contributed by atoms with Crippen molar-refractivity contribution in [3.8, 4) is 0 Å². The standard InChI is InChI=1S/C18H19BrO4/c1-11-8-9-18(15(20)22-17(2,3)23-16(18)21)14(10-11)12-4-6-13(19)7-5-12/h4-8,14H,9-10H2,1-3H3. The number of carbonyl (C=O) groups excluding carboxylic acids is 2. The van der Waals surface area contributed by atoms with E-state index < -0.39 is 23.1 Å². The lowest BCUT2D eigenvalue weighted by Crippen LogP contribution is -2.57. The van der Waals surface area contributed by atoms with Crippen LogP contribution in [-0.4, -0.2) is 17.7 Å².